The van der Waals surface area contributed by atoms with Crippen LogP contribution in [0.15, 0.2) is 64.8 Å². The fourth-order valence-corrected chi connectivity index (χ4v) is 4.36. The molecule has 1 aliphatic heterocycles. The summed E-state index contributed by atoms with van der Waals surface area (Å²) in [6.07, 6.45) is 1.45. The Morgan fingerprint density at radius 1 is 1.06 bits per heavy atom. The van der Waals surface area contributed by atoms with Gasteiger partial charge in [-0.15, -0.1) is 0 Å². The van der Waals surface area contributed by atoms with Crippen molar-refractivity contribution < 1.29 is 28.6 Å². The number of aliphatic hydroxyl groups is 1. The molecule has 7 nitrogen and oxygen atoms in total. The van der Waals surface area contributed by atoms with Gasteiger partial charge in [0, 0.05) is 11.3 Å². The molecule has 1 unspecified atom stereocenters. The first-order chi connectivity index (χ1) is 16.3. The van der Waals surface area contributed by atoms with Crippen molar-refractivity contribution in [3.63, 3.8) is 0 Å². The molecule has 0 saturated carbocycles. The molecule has 0 spiro atoms. The summed E-state index contributed by atoms with van der Waals surface area (Å²) in [5.41, 5.74) is 1.54. The second-order valence-electron chi connectivity index (χ2n) is 8.11. The average molecular weight is 482 g/mol. The second kappa shape index (κ2) is 9.27. The van der Waals surface area contributed by atoms with E-state index in [-0.39, 0.29) is 22.3 Å². The zero-order chi connectivity index (χ0) is 24.6. The molecule has 1 N–H and O–H groups in total. The van der Waals surface area contributed by atoms with E-state index in [4.69, 9.17) is 25.5 Å². The third-order valence-corrected chi connectivity index (χ3v) is 6.09. The van der Waals surface area contributed by atoms with Crippen molar-refractivity contribution in [2.75, 3.05) is 19.1 Å². The van der Waals surface area contributed by atoms with Crippen LogP contribution in [-0.4, -0.2) is 31.0 Å². The third-order valence-electron chi connectivity index (χ3n) is 5.80. The van der Waals surface area contributed by atoms with Crippen LogP contribution in [0.5, 0.6) is 11.5 Å². The van der Waals surface area contributed by atoms with Gasteiger partial charge < -0.3 is 19.0 Å². The van der Waals surface area contributed by atoms with Gasteiger partial charge in [0.15, 0.2) is 0 Å². The molecule has 176 valence electrons. The Balaban J connectivity index is 1.91. The molecule has 0 radical (unpaired) electrons. The van der Waals surface area contributed by atoms with E-state index in [0.717, 1.165) is 5.56 Å². The first-order valence-corrected chi connectivity index (χ1v) is 11.0. The predicted molar refractivity (Wildman–Crippen MR) is 129 cm³/mol. The molecular formula is C26H24ClNO6. The number of ketones is 1. The molecule has 1 aliphatic rings. The maximum absolute atomic E-state index is 13.2. The van der Waals surface area contributed by atoms with Crippen molar-refractivity contribution in [1.82, 2.24) is 0 Å². The van der Waals surface area contributed by atoms with Crippen LogP contribution in [0.3, 0.4) is 0 Å². The van der Waals surface area contributed by atoms with Gasteiger partial charge in [-0.25, -0.2) is 0 Å². The minimum atomic E-state index is -0.982. The number of amides is 1. The quantitative estimate of drug-likeness (QED) is 0.276. The molecule has 4 rings (SSSR count). The smallest absolute Gasteiger partial charge is 0.300 e. The average Bonchev–Trinajstić information content (AvgIpc) is 3.45. The summed E-state index contributed by atoms with van der Waals surface area (Å²) in [4.78, 5) is 27.7. The van der Waals surface area contributed by atoms with Gasteiger partial charge >= 0.3 is 0 Å². The van der Waals surface area contributed by atoms with E-state index < -0.39 is 17.7 Å². The summed E-state index contributed by atoms with van der Waals surface area (Å²) in [5.74, 6) is -0.405. The summed E-state index contributed by atoms with van der Waals surface area (Å²) in [5, 5.41) is 11.6. The number of hydrogen-bond acceptors (Lipinski definition) is 6. The Morgan fingerprint density at radius 2 is 1.76 bits per heavy atom. The number of carbonyl (C=O) groups excluding carboxylic acids is 2. The van der Waals surface area contributed by atoms with Gasteiger partial charge in [-0.2, -0.15) is 0 Å². The van der Waals surface area contributed by atoms with Crippen molar-refractivity contribution in [1.29, 1.82) is 0 Å². The fourth-order valence-electron chi connectivity index (χ4n) is 4.11. The number of hydrogen-bond donors (Lipinski definition) is 1. The van der Waals surface area contributed by atoms with Crippen LogP contribution in [0.25, 0.3) is 5.76 Å². The topological polar surface area (TPSA) is 89.2 Å². The minimum absolute atomic E-state index is 0.0771. The van der Waals surface area contributed by atoms with Crippen LogP contribution in [-0.2, 0) is 9.59 Å². The number of anilines is 1. The molecule has 8 heteroatoms. The summed E-state index contributed by atoms with van der Waals surface area (Å²) in [7, 11) is 3.05. The van der Waals surface area contributed by atoms with Gasteiger partial charge in [0.1, 0.15) is 29.1 Å². The molecule has 1 atom stereocenters. The summed E-state index contributed by atoms with van der Waals surface area (Å²) in [6, 6.07) is 12.2. The maximum Gasteiger partial charge on any atom is 0.300 e. The Hall–Kier alpha value is -3.71. The first kappa shape index (κ1) is 23.4. The molecule has 2 heterocycles. The van der Waals surface area contributed by atoms with Gasteiger partial charge in [-0.3, -0.25) is 14.5 Å². The molecular weight excluding hydrogens is 458 g/mol. The molecule has 0 aliphatic carbocycles. The number of rotatable bonds is 6. The molecule has 0 bridgehead atoms. The molecule has 1 amide bonds. The largest absolute Gasteiger partial charge is 0.507 e. The highest BCUT2D eigenvalue weighted by atomic mass is 35.5. The molecule has 1 fully saturated rings. The molecule has 3 aromatic rings. The van der Waals surface area contributed by atoms with Crippen LogP contribution in [0.2, 0.25) is 5.02 Å². The minimum Gasteiger partial charge on any atom is -0.507 e. The van der Waals surface area contributed by atoms with E-state index in [2.05, 4.69) is 0 Å². The predicted octanol–water partition coefficient (Wildman–Crippen LogP) is 5.70. The van der Waals surface area contributed by atoms with E-state index in [1.807, 2.05) is 13.8 Å². The van der Waals surface area contributed by atoms with Crippen LogP contribution in [0.1, 0.15) is 42.7 Å². The lowest BCUT2D eigenvalue weighted by molar-refractivity contribution is -0.132. The highest BCUT2D eigenvalue weighted by molar-refractivity contribution is 6.51. The van der Waals surface area contributed by atoms with Crippen molar-refractivity contribution in [2.45, 2.75) is 25.8 Å². The monoisotopic (exact) mass is 481 g/mol. The number of benzene rings is 2. The van der Waals surface area contributed by atoms with Gasteiger partial charge in [-0.1, -0.05) is 25.4 Å². The number of methoxy groups -OCH3 is 2. The van der Waals surface area contributed by atoms with Gasteiger partial charge in [0.05, 0.1) is 31.1 Å². The number of aliphatic hydroxyl groups excluding tert-OH is 1. The summed E-state index contributed by atoms with van der Waals surface area (Å²) >= 11 is 6.29. The lowest BCUT2D eigenvalue weighted by atomic mass is 9.95. The van der Waals surface area contributed by atoms with Gasteiger partial charge in [0.25, 0.3) is 11.7 Å². The van der Waals surface area contributed by atoms with Crippen molar-refractivity contribution in [3.05, 3.63) is 82.3 Å². The van der Waals surface area contributed by atoms with Crippen LogP contribution in [0, 0.1) is 0 Å². The number of ether oxygens (including phenoxy) is 2. The highest BCUT2D eigenvalue weighted by Gasteiger charge is 2.48. The van der Waals surface area contributed by atoms with E-state index >= 15 is 0 Å². The van der Waals surface area contributed by atoms with Gasteiger partial charge in [-0.05, 0) is 60.0 Å². The number of halogens is 1. The van der Waals surface area contributed by atoms with Crippen LogP contribution < -0.4 is 14.4 Å². The highest BCUT2D eigenvalue weighted by Crippen LogP contribution is 2.44. The fraction of sp³-hybridized carbons (Fsp3) is 0.231. The van der Waals surface area contributed by atoms with Crippen LogP contribution in [0.4, 0.5) is 5.69 Å². The van der Waals surface area contributed by atoms with E-state index in [1.165, 1.54) is 24.3 Å². The van der Waals surface area contributed by atoms with Crippen molar-refractivity contribution in [3.8, 4) is 11.5 Å². The van der Waals surface area contributed by atoms with Crippen molar-refractivity contribution >= 4 is 34.7 Å². The Kier molecular flexibility index (Phi) is 6.39. The SMILES string of the molecule is COc1ccc(N2C(=O)C(=O)/C(=C(\O)c3ccc(OC)c(C(C)C)c3)C2c2ccco2)cc1Cl. The summed E-state index contributed by atoms with van der Waals surface area (Å²) in [6.45, 7) is 3.99. The molecule has 1 aromatic heterocycles. The Labute approximate surface area is 202 Å². The summed E-state index contributed by atoms with van der Waals surface area (Å²) < 4.78 is 16.2. The zero-order valence-electron chi connectivity index (χ0n) is 19.2. The molecule has 2 aromatic carbocycles. The second-order valence-corrected chi connectivity index (χ2v) is 8.52. The van der Waals surface area contributed by atoms with Crippen molar-refractivity contribution in [2.24, 2.45) is 0 Å². The van der Waals surface area contributed by atoms with Crippen LogP contribution >= 0.6 is 11.6 Å². The lowest BCUT2D eigenvalue weighted by Gasteiger charge is -2.24. The Morgan fingerprint density at radius 3 is 2.35 bits per heavy atom. The molecule has 34 heavy (non-hydrogen) atoms. The number of furan rings is 1. The van der Waals surface area contributed by atoms with E-state index in [9.17, 15) is 14.7 Å². The number of carbonyl (C=O) groups is 2. The lowest BCUT2D eigenvalue weighted by Crippen LogP contribution is -2.29. The first-order valence-electron chi connectivity index (χ1n) is 10.6. The standard InChI is InChI=1S/C26H24ClNO6/c1-14(2)17-12-15(7-9-19(17)32-3)24(29)22-23(21-6-5-11-34-21)28(26(31)25(22)30)16-8-10-20(33-4)18(27)13-16/h5-14,23,29H,1-4H3/b24-22-. The number of nitrogens with zero attached hydrogens (tertiary/aromatic N) is 1. The third kappa shape index (κ3) is 3.92. The van der Waals surface area contributed by atoms with Gasteiger partial charge in [0.2, 0.25) is 0 Å². The zero-order valence-corrected chi connectivity index (χ0v) is 19.9. The number of Topliss-reactive ketones (excluding diaryl/α,β-unsaturated/α-hetero) is 1. The van der Waals surface area contributed by atoms with E-state index in [0.29, 0.717) is 28.5 Å². The van der Waals surface area contributed by atoms with E-state index in [1.54, 1.807) is 49.6 Å². The maximum atomic E-state index is 13.2. The molecule has 1 saturated heterocycles. The Bertz CT molecular complexity index is 1280. The normalized spacial score (nSPS) is 17.5.